The van der Waals surface area contributed by atoms with Crippen molar-refractivity contribution < 1.29 is 19.4 Å². The number of nitrogens with two attached hydrogens (primary N) is 1. The number of rotatable bonds is 7. The van der Waals surface area contributed by atoms with Gasteiger partial charge in [-0.25, -0.2) is 0 Å². The standard InChI is InChI=1S/C14H20N2O4/c1-3-4-7-16(9-13(15)18)14(19)10-5-6-12(20-2)11(17)8-10/h5-6,8,17H,3-4,7,9H2,1-2H3,(H2,15,18). The first kappa shape index (κ1) is 15.8. The molecule has 3 N–H and O–H groups in total. The lowest BCUT2D eigenvalue weighted by Gasteiger charge is -2.21. The Hall–Kier alpha value is -2.24. The molecule has 0 radical (unpaired) electrons. The number of unbranched alkanes of at least 4 members (excludes halogenated alkanes) is 1. The Labute approximate surface area is 118 Å². The highest BCUT2D eigenvalue weighted by molar-refractivity contribution is 5.96. The van der Waals surface area contributed by atoms with Crippen LogP contribution in [0.1, 0.15) is 30.1 Å². The maximum absolute atomic E-state index is 12.3. The van der Waals surface area contributed by atoms with Crippen LogP contribution in [-0.4, -0.2) is 42.0 Å². The summed E-state index contributed by atoms with van der Waals surface area (Å²) < 4.78 is 4.92. The van der Waals surface area contributed by atoms with Crippen molar-refractivity contribution in [3.8, 4) is 11.5 Å². The van der Waals surface area contributed by atoms with Crippen LogP contribution in [0.25, 0.3) is 0 Å². The highest BCUT2D eigenvalue weighted by atomic mass is 16.5. The first-order valence-corrected chi connectivity index (χ1v) is 6.44. The van der Waals surface area contributed by atoms with E-state index in [1.165, 1.54) is 24.1 Å². The quantitative estimate of drug-likeness (QED) is 0.783. The number of benzene rings is 1. The van der Waals surface area contributed by atoms with Crippen LogP contribution < -0.4 is 10.5 Å². The minimum Gasteiger partial charge on any atom is -0.504 e. The van der Waals surface area contributed by atoms with Gasteiger partial charge in [-0.1, -0.05) is 13.3 Å². The van der Waals surface area contributed by atoms with Crippen LogP contribution in [0.5, 0.6) is 11.5 Å². The van der Waals surface area contributed by atoms with E-state index in [-0.39, 0.29) is 24.0 Å². The van der Waals surface area contributed by atoms with Crippen molar-refractivity contribution in [2.24, 2.45) is 5.73 Å². The molecule has 0 atom stereocenters. The molecule has 0 aliphatic rings. The van der Waals surface area contributed by atoms with Gasteiger partial charge in [0, 0.05) is 12.1 Å². The maximum atomic E-state index is 12.3. The first-order valence-electron chi connectivity index (χ1n) is 6.44. The Balaban J connectivity index is 2.92. The molecule has 0 aliphatic carbocycles. The number of primary amides is 1. The van der Waals surface area contributed by atoms with E-state index < -0.39 is 5.91 Å². The molecule has 1 rings (SSSR count). The summed E-state index contributed by atoms with van der Waals surface area (Å²) in [6, 6.07) is 4.37. The normalized spacial score (nSPS) is 10.1. The van der Waals surface area contributed by atoms with Gasteiger partial charge in [-0.15, -0.1) is 0 Å². The fourth-order valence-corrected chi connectivity index (χ4v) is 1.80. The third-order valence-corrected chi connectivity index (χ3v) is 2.84. The average molecular weight is 280 g/mol. The number of nitrogens with zero attached hydrogens (tertiary/aromatic N) is 1. The molecule has 0 unspecified atom stereocenters. The molecule has 0 aliphatic heterocycles. The fraction of sp³-hybridized carbons (Fsp3) is 0.429. The van der Waals surface area contributed by atoms with Crippen LogP contribution in [0.2, 0.25) is 0 Å². The summed E-state index contributed by atoms with van der Waals surface area (Å²) in [5.41, 5.74) is 5.45. The molecule has 0 saturated heterocycles. The predicted octanol–water partition coefficient (Wildman–Crippen LogP) is 1.13. The van der Waals surface area contributed by atoms with Crippen molar-refractivity contribution in [2.75, 3.05) is 20.2 Å². The summed E-state index contributed by atoms with van der Waals surface area (Å²) in [4.78, 5) is 24.7. The minimum absolute atomic E-state index is 0.118. The van der Waals surface area contributed by atoms with Gasteiger partial charge < -0.3 is 20.5 Å². The molecular formula is C14H20N2O4. The number of aromatic hydroxyl groups is 1. The van der Waals surface area contributed by atoms with Gasteiger partial charge in [0.25, 0.3) is 5.91 Å². The lowest BCUT2D eigenvalue weighted by Crippen LogP contribution is -2.39. The van der Waals surface area contributed by atoms with Crippen LogP contribution >= 0.6 is 0 Å². The lowest BCUT2D eigenvalue weighted by atomic mass is 10.1. The number of phenols is 1. The largest absolute Gasteiger partial charge is 0.504 e. The summed E-state index contributed by atoms with van der Waals surface area (Å²) in [6.45, 7) is 2.31. The zero-order chi connectivity index (χ0) is 15.1. The van der Waals surface area contributed by atoms with E-state index in [1.807, 2.05) is 6.92 Å². The number of hydrogen-bond acceptors (Lipinski definition) is 4. The van der Waals surface area contributed by atoms with Gasteiger partial charge >= 0.3 is 0 Å². The molecule has 110 valence electrons. The van der Waals surface area contributed by atoms with Crippen molar-refractivity contribution in [3.63, 3.8) is 0 Å². The van der Waals surface area contributed by atoms with Gasteiger partial charge in [-0.3, -0.25) is 9.59 Å². The maximum Gasteiger partial charge on any atom is 0.254 e. The van der Waals surface area contributed by atoms with Gasteiger partial charge in [0.2, 0.25) is 5.91 Å². The number of carbonyl (C=O) groups is 2. The third kappa shape index (κ3) is 4.15. The number of carbonyl (C=O) groups excluding carboxylic acids is 2. The van der Waals surface area contributed by atoms with Gasteiger partial charge in [-0.2, -0.15) is 0 Å². The SMILES string of the molecule is CCCCN(CC(N)=O)C(=O)c1ccc(OC)c(O)c1. The smallest absolute Gasteiger partial charge is 0.254 e. The van der Waals surface area contributed by atoms with Crippen molar-refractivity contribution in [1.82, 2.24) is 4.90 Å². The molecule has 2 amide bonds. The van der Waals surface area contributed by atoms with E-state index in [9.17, 15) is 14.7 Å². The van der Waals surface area contributed by atoms with E-state index in [0.29, 0.717) is 12.1 Å². The highest BCUT2D eigenvalue weighted by Crippen LogP contribution is 2.26. The number of amides is 2. The van der Waals surface area contributed by atoms with E-state index in [0.717, 1.165) is 12.8 Å². The van der Waals surface area contributed by atoms with E-state index in [4.69, 9.17) is 10.5 Å². The Morgan fingerprint density at radius 2 is 2.10 bits per heavy atom. The second-order valence-corrected chi connectivity index (χ2v) is 4.43. The Bertz CT molecular complexity index is 488. The topological polar surface area (TPSA) is 92.9 Å². The number of hydrogen-bond donors (Lipinski definition) is 2. The predicted molar refractivity (Wildman–Crippen MR) is 74.7 cm³/mol. The van der Waals surface area contributed by atoms with Crippen LogP contribution in [0, 0.1) is 0 Å². The summed E-state index contributed by atoms with van der Waals surface area (Å²) in [5.74, 6) is -0.730. The van der Waals surface area contributed by atoms with Crippen molar-refractivity contribution in [2.45, 2.75) is 19.8 Å². The van der Waals surface area contributed by atoms with Crippen LogP contribution in [0.4, 0.5) is 0 Å². The van der Waals surface area contributed by atoms with Gasteiger partial charge in [0.1, 0.15) is 0 Å². The molecule has 1 aromatic carbocycles. The second kappa shape index (κ2) is 7.37. The van der Waals surface area contributed by atoms with Crippen LogP contribution in [-0.2, 0) is 4.79 Å². The summed E-state index contributed by atoms with van der Waals surface area (Å²) in [5, 5.41) is 9.69. The third-order valence-electron chi connectivity index (χ3n) is 2.84. The molecule has 0 heterocycles. The fourth-order valence-electron chi connectivity index (χ4n) is 1.80. The zero-order valence-corrected chi connectivity index (χ0v) is 11.8. The van der Waals surface area contributed by atoms with Crippen molar-refractivity contribution in [1.29, 1.82) is 0 Å². The highest BCUT2D eigenvalue weighted by Gasteiger charge is 2.18. The molecule has 0 fully saturated rings. The summed E-state index contributed by atoms with van der Waals surface area (Å²) in [7, 11) is 1.43. The Morgan fingerprint density at radius 1 is 1.40 bits per heavy atom. The van der Waals surface area contributed by atoms with Crippen LogP contribution in [0.3, 0.4) is 0 Å². The molecule has 0 bridgehead atoms. The zero-order valence-electron chi connectivity index (χ0n) is 11.8. The van der Waals surface area contributed by atoms with E-state index >= 15 is 0 Å². The van der Waals surface area contributed by atoms with Gasteiger partial charge in [0.15, 0.2) is 11.5 Å². The molecule has 6 heteroatoms. The average Bonchev–Trinajstić information content (AvgIpc) is 2.42. The number of methoxy groups -OCH3 is 1. The number of ether oxygens (including phenoxy) is 1. The minimum atomic E-state index is -0.563. The summed E-state index contributed by atoms with van der Waals surface area (Å²) in [6.07, 6.45) is 1.68. The molecule has 6 nitrogen and oxygen atoms in total. The molecule has 20 heavy (non-hydrogen) atoms. The molecule has 0 spiro atoms. The second-order valence-electron chi connectivity index (χ2n) is 4.43. The van der Waals surface area contributed by atoms with Crippen molar-refractivity contribution in [3.05, 3.63) is 23.8 Å². The first-order chi connectivity index (χ1) is 9.49. The van der Waals surface area contributed by atoms with Crippen molar-refractivity contribution >= 4 is 11.8 Å². The summed E-state index contributed by atoms with van der Waals surface area (Å²) >= 11 is 0. The monoisotopic (exact) mass is 280 g/mol. The number of phenolic OH excluding ortho intramolecular Hbond substituents is 1. The van der Waals surface area contributed by atoms with Crippen LogP contribution in [0.15, 0.2) is 18.2 Å². The Kier molecular flexibility index (Phi) is 5.83. The van der Waals surface area contributed by atoms with Gasteiger partial charge in [0.05, 0.1) is 13.7 Å². The van der Waals surface area contributed by atoms with E-state index in [2.05, 4.69) is 0 Å². The lowest BCUT2D eigenvalue weighted by molar-refractivity contribution is -0.118. The Morgan fingerprint density at radius 3 is 2.60 bits per heavy atom. The molecule has 0 saturated carbocycles. The van der Waals surface area contributed by atoms with Gasteiger partial charge in [-0.05, 0) is 24.6 Å². The van der Waals surface area contributed by atoms with E-state index in [1.54, 1.807) is 6.07 Å². The molecule has 0 aromatic heterocycles. The molecule has 1 aromatic rings. The molecular weight excluding hydrogens is 260 g/mol.